The first-order valence-electron chi connectivity index (χ1n) is 8.40. The lowest BCUT2D eigenvalue weighted by atomic mass is 9.70. The number of hydrogen-bond acceptors (Lipinski definition) is 3. The minimum absolute atomic E-state index is 0.0673. The molecule has 1 heterocycles. The van der Waals surface area contributed by atoms with E-state index in [0.717, 1.165) is 16.8 Å². The third-order valence-corrected chi connectivity index (χ3v) is 4.90. The van der Waals surface area contributed by atoms with Crippen molar-refractivity contribution in [2.75, 3.05) is 5.32 Å². The quantitative estimate of drug-likeness (QED) is 0.781. The largest absolute Gasteiger partial charge is 0.457 e. The van der Waals surface area contributed by atoms with E-state index in [2.05, 4.69) is 75.5 Å². The summed E-state index contributed by atoms with van der Waals surface area (Å²) in [4.78, 5) is 11.7. The first kappa shape index (κ1) is 16.6. The van der Waals surface area contributed by atoms with E-state index in [9.17, 15) is 4.79 Å². The van der Waals surface area contributed by atoms with Crippen LogP contribution >= 0.6 is 0 Å². The Morgan fingerprint density at radius 2 is 1.67 bits per heavy atom. The van der Waals surface area contributed by atoms with Crippen LogP contribution in [0.15, 0.2) is 42.5 Å². The topological polar surface area (TPSA) is 38.3 Å². The van der Waals surface area contributed by atoms with Crippen LogP contribution in [0.25, 0.3) is 0 Å². The summed E-state index contributed by atoms with van der Waals surface area (Å²) in [6.07, 6.45) is -0.280. The van der Waals surface area contributed by atoms with Crippen molar-refractivity contribution >= 4 is 11.7 Å². The molecule has 0 amide bonds. The number of esters is 1. The standard InChI is InChI=1S/C21H25NO2/c1-13-6-9-16(10-7-13)19-21(4,5)20(24-15(3)23)17-12-14(2)8-11-18(17)22-19/h6-12,19-20,22H,1-5H3/t19-,20-/m1/s1. The number of carbonyl (C=O) groups excluding carboxylic acids is 1. The fourth-order valence-corrected chi connectivity index (χ4v) is 3.58. The fourth-order valence-electron chi connectivity index (χ4n) is 3.58. The molecule has 0 aliphatic carbocycles. The fraction of sp³-hybridized carbons (Fsp3) is 0.381. The second kappa shape index (κ2) is 5.97. The lowest BCUT2D eigenvalue weighted by Crippen LogP contribution is -2.40. The van der Waals surface area contributed by atoms with E-state index in [-0.39, 0.29) is 23.5 Å². The molecule has 0 saturated heterocycles. The molecule has 3 nitrogen and oxygen atoms in total. The minimum Gasteiger partial charge on any atom is -0.457 e. The predicted molar refractivity (Wildman–Crippen MR) is 97.0 cm³/mol. The second-order valence-corrected chi connectivity index (χ2v) is 7.39. The van der Waals surface area contributed by atoms with Gasteiger partial charge in [-0.05, 0) is 25.5 Å². The van der Waals surface area contributed by atoms with E-state index in [1.165, 1.54) is 18.1 Å². The summed E-state index contributed by atoms with van der Waals surface area (Å²) < 4.78 is 5.78. The molecule has 0 unspecified atom stereocenters. The molecule has 0 spiro atoms. The van der Waals surface area contributed by atoms with E-state index in [1.54, 1.807) is 0 Å². The number of fused-ring (bicyclic) bond motifs is 1. The Morgan fingerprint density at radius 3 is 2.29 bits per heavy atom. The van der Waals surface area contributed by atoms with Crippen molar-refractivity contribution in [3.63, 3.8) is 0 Å². The van der Waals surface area contributed by atoms with Gasteiger partial charge in [0.15, 0.2) is 0 Å². The first-order valence-corrected chi connectivity index (χ1v) is 8.40. The molecule has 2 aromatic rings. The zero-order chi connectivity index (χ0) is 17.5. The van der Waals surface area contributed by atoms with E-state index < -0.39 is 0 Å². The molecule has 0 saturated carbocycles. The average Bonchev–Trinajstić information content (AvgIpc) is 2.51. The molecule has 2 atom stereocenters. The molecule has 1 N–H and O–H groups in total. The highest BCUT2D eigenvalue weighted by Crippen LogP contribution is 2.53. The SMILES string of the molecule is CC(=O)O[C@@H]1c2cc(C)ccc2N[C@H](c2ccc(C)cc2)C1(C)C. The molecule has 3 rings (SSSR count). The van der Waals surface area contributed by atoms with E-state index in [1.807, 2.05) is 0 Å². The van der Waals surface area contributed by atoms with Crippen LogP contribution in [-0.2, 0) is 9.53 Å². The van der Waals surface area contributed by atoms with Crippen molar-refractivity contribution in [3.05, 3.63) is 64.7 Å². The smallest absolute Gasteiger partial charge is 0.303 e. The number of carbonyl (C=O) groups is 1. The van der Waals surface area contributed by atoms with Crippen LogP contribution < -0.4 is 5.32 Å². The van der Waals surface area contributed by atoms with Gasteiger partial charge in [-0.1, -0.05) is 61.4 Å². The Hall–Kier alpha value is -2.29. The number of anilines is 1. The average molecular weight is 323 g/mol. The number of benzene rings is 2. The highest BCUT2D eigenvalue weighted by atomic mass is 16.5. The zero-order valence-electron chi connectivity index (χ0n) is 15.0. The molecule has 0 radical (unpaired) electrons. The Bertz CT molecular complexity index is 762. The number of aryl methyl sites for hydroxylation is 2. The van der Waals surface area contributed by atoms with Crippen LogP contribution in [0.4, 0.5) is 5.69 Å². The summed E-state index contributed by atoms with van der Waals surface area (Å²) in [6, 6.07) is 14.9. The highest BCUT2D eigenvalue weighted by Gasteiger charge is 2.45. The van der Waals surface area contributed by atoms with Gasteiger partial charge in [-0.15, -0.1) is 0 Å². The van der Waals surface area contributed by atoms with Crippen molar-refractivity contribution in [2.45, 2.75) is 46.8 Å². The normalized spacial score (nSPS) is 21.5. The summed E-state index contributed by atoms with van der Waals surface area (Å²) in [5.41, 5.74) is 5.42. The maximum atomic E-state index is 11.7. The molecule has 3 heteroatoms. The van der Waals surface area contributed by atoms with Gasteiger partial charge in [0.25, 0.3) is 0 Å². The van der Waals surface area contributed by atoms with Crippen LogP contribution in [0, 0.1) is 19.3 Å². The van der Waals surface area contributed by atoms with Crippen LogP contribution in [-0.4, -0.2) is 5.97 Å². The molecular weight excluding hydrogens is 298 g/mol. The molecule has 0 fully saturated rings. The van der Waals surface area contributed by atoms with Gasteiger partial charge in [-0.2, -0.15) is 0 Å². The van der Waals surface area contributed by atoms with Crippen molar-refractivity contribution in [3.8, 4) is 0 Å². The van der Waals surface area contributed by atoms with Gasteiger partial charge < -0.3 is 10.1 Å². The summed E-state index contributed by atoms with van der Waals surface area (Å²) in [6.45, 7) is 9.94. The molecular formula is C21H25NO2. The zero-order valence-corrected chi connectivity index (χ0v) is 15.0. The van der Waals surface area contributed by atoms with Gasteiger partial charge in [-0.25, -0.2) is 0 Å². The van der Waals surface area contributed by atoms with Crippen molar-refractivity contribution in [1.82, 2.24) is 0 Å². The van der Waals surface area contributed by atoms with Gasteiger partial charge >= 0.3 is 5.97 Å². The second-order valence-electron chi connectivity index (χ2n) is 7.39. The van der Waals surface area contributed by atoms with Gasteiger partial charge in [0, 0.05) is 23.6 Å². The van der Waals surface area contributed by atoms with Gasteiger partial charge in [0.05, 0.1) is 6.04 Å². The third-order valence-electron chi connectivity index (χ3n) is 4.90. The third kappa shape index (κ3) is 2.91. The first-order chi connectivity index (χ1) is 11.3. The molecule has 1 aliphatic rings. The molecule has 1 aliphatic heterocycles. The summed E-state index contributed by atoms with van der Waals surface area (Å²) in [5, 5.41) is 3.66. The molecule has 0 bridgehead atoms. The molecule has 126 valence electrons. The van der Waals surface area contributed by atoms with Crippen LogP contribution in [0.3, 0.4) is 0 Å². The number of nitrogens with one attached hydrogen (secondary N) is 1. The van der Waals surface area contributed by atoms with Crippen LogP contribution in [0.5, 0.6) is 0 Å². The van der Waals surface area contributed by atoms with Crippen molar-refractivity contribution in [1.29, 1.82) is 0 Å². The van der Waals surface area contributed by atoms with Crippen molar-refractivity contribution in [2.24, 2.45) is 5.41 Å². The van der Waals surface area contributed by atoms with Crippen LogP contribution in [0.1, 0.15) is 55.2 Å². The van der Waals surface area contributed by atoms with E-state index in [0.29, 0.717) is 0 Å². The lowest BCUT2D eigenvalue weighted by molar-refractivity contribution is -0.154. The molecule has 24 heavy (non-hydrogen) atoms. The van der Waals surface area contributed by atoms with Gasteiger partial charge in [-0.3, -0.25) is 4.79 Å². The maximum absolute atomic E-state index is 11.7. The Balaban J connectivity index is 2.11. The number of hydrogen-bond donors (Lipinski definition) is 1. The molecule has 2 aromatic carbocycles. The summed E-state index contributed by atoms with van der Waals surface area (Å²) >= 11 is 0. The van der Waals surface area contributed by atoms with Gasteiger partial charge in [0.2, 0.25) is 0 Å². The predicted octanol–water partition coefficient (Wildman–Crippen LogP) is 5.10. The van der Waals surface area contributed by atoms with Gasteiger partial charge in [0.1, 0.15) is 6.10 Å². The van der Waals surface area contributed by atoms with Crippen molar-refractivity contribution < 1.29 is 9.53 Å². The van der Waals surface area contributed by atoms with E-state index >= 15 is 0 Å². The minimum atomic E-state index is -0.280. The monoisotopic (exact) mass is 323 g/mol. The number of ether oxygens (including phenoxy) is 1. The Morgan fingerprint density at radius 1 is 1.04 bits per heavy atom. The number of rotatable bonds is 2. The summed E-state index contributed by atoms with van der Waals surface area (Å²) in [5.74, 6) is -0.245. The van der Waals surface area contributed by atoms with Crippen LogP contribution in [0.2, 0.25) is 0 Å². The Kier molecular flexibility index (Phi) is 4.12. The highest BCUT2D eigenvalue weighted by molar-refractivity contribution is 5.68. The molecule has 0 aromatic heterocycles. The maximum Gasteiger partial charge on any atom is 0.303 e. The lowest BCUT2D eigenvalue weighted by Gasteiger charge is -2.46. The Labute approximate surface area is 144 Å². The summed E-state index contributed by atoms with van der Waals surface area (Å²) in [7, 11) is 0. The van der Waals surface area contributed by atoms with E-state index in [4.69, 9.17) is 4.74 Å².